The summed E-state index contributed by atoms with van der Waals surface area (Å²) >= 11 is 0. The molecule has 2 aliphatic carbocycles. The van der Waals surface area contributed by atoms with Gasteiger partial charge in [0.1, 0.15) is 0 Å². The van der Waals surface area contributed by atoms with Crippen LogP contribution in [0.4, 0.5) is 0 Å². The van der Waals surface area contributed by atoms with E-state index in [9.17, 15) is 4.79 Å². The maximum atomic E-state index is 12.9. The normalized spacial score (nSPS) is 18.9. The van der Waals surface area contributed by atoms with Crippen molar-refractivity contribution in [1.29, 1.82) is 0 Å². The number of rotatable bonds is 4. The maximum Gasteiger partial charge on any atom is 0.255 e. The highest BCUT2D eigenvalue weighted by Gasteiger charge is 2.25. The zero-order chi connectivity index (χ0) is 14.1. The van der Waals surface area contributed by atoms with Crippen LogP contribution >= 0.6 is 0 Å². The summed E-state index contributed by atoms with van der Waals surface area (Å²) in [5, 5.41) is 3.40. The predicted octanol–water partition coefficient (Wildman–Crippen LogP) is 2.95. The Labute approximate surface area is 121 Å². The number of pyridine rings is 1. The number of aryl methyl sites for hydroxylation is 1. The third-order valence-corrected chi connectivity index (χ3v) is 4.75. The summed E-state index contributed by atoms with van der Waals surface area (Å²) in [5.74, 6) is 0. The lowest BCUT2D eigenvalue weighted by atomic mass is 10.1. The monoisotopic (exact) mass is 274 g/mol. The summed E-state index contributed by atoms with van der Waals surface area (Å²) in [6.07, 6.45) is 8.39. The van der Waals surface area contributed by atoms with Gasteiger partial charge in [0.2, 0.25) is 0 Å². The van der Waals surface area contributed by atoms with E-state index < -0.39 is 0 Å². The van der Waals surface area contributed by atoms with Gasteiger partial charge in [-0.05, 0) is 43.7 Å². The second-order valence-corrected chi connectivity index (χ2v) is 6.64. The van der Waals surface area contributed by atoms with Gasteiger partial charge in [0, 0.05) is 29.9 Å². The van der Waals surface area contributed by atoms with Gasteiger partial charge in [0.05, 0.1) is 0 Å². The van der Waals surface area contributed by atoms with Crippen molar-refractivity contribution >= 4 is 0 Å². The van der Waals surface area contributed by atoms with Crippen LogP contribution in [0.25, 0.3) is 0 Å². The molecule has 0 amide bonds. The van der Waals surface area contributed by atoms with E-state index in [4.69, 9.17) is 0 Å². The molecule has 1 heterocycles. The quantitative estimate of drug-likeness (QED) is 0.916. The van der Waals surface area contributed by atoms with E-state index in [2.05, 4.69) is 29.8 Å². The minimum atomic E-state index is 0.269. The molecule has 3 rings (SSSR count). The molecule has 3 nitrogen and oxygen atoms in total. The van der Waals surface area contributed by atoms with Crippen molar-refractivity contribution < 1.29 is 0 Å². The van der Waals surface area contributed by atoms with Crippen molar-refractivity contribution in [1.82, 2.24) is 9.88 Å². The standard InChI is InChI=1S/C17H26N2O/c1-12(2)18-11-14-10-13-6-5-9-16(13)19(17(14)20)15-7-3-4-8-15/h10,12,15,18H,3-9,11H2,1-2H3. The van der Waals surface area contributed by atoms with Crippen molar-refractivity contribution in [2.45, 2.75) is 77.4 Å². The van der Waals surface area contributed by atoms with Crippen LogP contribution in [0.15, 0.2) is 10.9 Å². The van der Waals surface area contributed by atoms with Crippen molar-refractivity contribution in [3.8, 4) is 0 Å². The van der Waals surface area contributed by atoms with Crippen molar-refractivity contribution in [2.75, 3.05) is 0 Å². The number of nitrogens with one attached hydrogen (secondary N) is 1. The Kier molecular flexibility index (Phi) is 3.97. The third-order valence-electron chi connectivity index (χ3n) is 4.75. The highest BCUT2D eigenvalue weighted by molar-refractivity contribution is 5.31. The molecule has 1 fully saturated rings. The lowest BCUT2D eigenvalue weighted by molar-refractivity contribution is 0.478. The molecule has 20 heavy (non-hydrogen) atoms. The molecular weight excluding hydrogens is 248 g/mol. The Morgan fingerprint density at radius 1 is 1.25 bits per heavy atom. The van der Waals surface area contributed by atoms with Crippen LogP contribution in [0.3, 0.4) is 0 Å². The molecule has 3 heteroatoms. The van der Waals surface area contributed by atoms with E-state index in [-0.39, 0.29) is 5.56 Å². The fraction of sp³-hybridized carbons (Fsp3) is 0.706. The Morgan fingerprint density at radius 2 is 2.00 bits per heavy atom. The van der Waals surface area contributed by atoms with Gasteiger partial charge in [0.15, 0.2) is 0 Å². The lowest BCUT2D eigenvalue weighted by Crippen LogP contribution is -2.33. The van der Waals surface area contributed by atoms with Crippen molar-refractivity contribution in [2.24, 2.45) is 0 Å². The molecule has 1 saturated carbocycles. The van der Waals surface area contributed by atoms with E-state index in [0.717, 1.165) is 18.4 Å². The second kappa shape index (κ2) is 5.72. The molecule has 1 aromatic heterocycles. The average molecular weight is 274 g/mol. The number of hydrogen-bond donors (Lipinski definition) is 1. The van der Waals surface area contributed by atoms with Gasteiger partial charge in [-0.15, -0.1) is 0 Å². The molecule has 0 radical (unpaired) electrons. The van der Waals surface area contributed by atoms with E-state index in [1.807, 2.05) is 0 Å². The summed E-state index contributed by atoms with van der Waals surface area (Å²) in [6.45, 7) is 4.96. The smallest absolute Gasteiger partial charge is 0.255 e. The first-order valence-electron chi connectivity index (χ1n) is 8.16. The molecule has 0 spiro atoms. The molecule has 1 N–H and O–H groups in total. The molecule has 0 unspecified atom stereocenters. The fourth-order valence-electron chi connectivity index (χ4n) is 3.72. The largest absolute Gasteiger partial charge is 0.310 e. The summed E-state index contributed by atoms with van der Waals surface area (Å²) in [5.41, 5.74) is 4.00. The van der Waals surface area contributed by atoms with Gasteiger partial charge in [-0.2, -0.15) is 0 Å². The molecular formula is C17H26N2O. The van der Waals surface area contributed by atoms with Gasteiger partial charge in [-0.1, -0.05) is 26.7 Å². The highest BCUT2D eigenvalue weighted by Crippen LogP contribution is 2.32. The third kappa shape index (κ3) is 2.56. The summed E-state index contributed by atoms with van der Waals surface area (Å²) in [4.78, 5) is 12.9. The van der Waals surface area contributed by atoms with Crippen LogP contribution < -0.4 is 10.9 Å². The summed E-state index contributed by atoms with van der Waals surface area (Å²) < 4.78 is 2.17. The fourth-order valence-corrected chi connectivity index (χ4v) is 3.72. The predicted molar refractivity (Wildman–Crippen MR) is 82.2 cm³/mol. The van der Waals surface area contributed by atoms with Crippen LogP contribution in [0.1, 0.15) is 68.8 Å². The zero-order valence-corrected chi connectivity index (χ0v) is 12.7. The van der Waals surface area contributed by atoms with E-state index in [1.54, 1.807) is 0 Å². The first-order chi connectivity index (χ1) is 9.66. The first kappa shape index (κ1) is 13.9. The van der Waals surface area contributed by atoms with Crippen LogP contribution in [-0.2, 0) is 19.4 Å². The Hall–Kier alpha value is -1.09. The summed E-state index contributed by atoms with van der Waals surface area (Å²) in [6, 6.07) is 3.06. The van der Waals surface area contributed by atoms with Gasteiger partial charge < -0.3 is 9.88 Å². The molecule has 0 saturated heterocycles. The molecule has 2 aliphatic rings. The minimum absolute atomic E-state index is 0.269. The van der Waals surface area contributed by atoms with E-state index >= 15 is 0 Å². The second-order valence-electron chi connectivity index (χ2n) is 6.64. The Morgan fingerprint density at radius 3 is 2.70 bits per heavy atom. The highest BCUT2D eigenvalue weighted by atomic mass is 16.1. The first-order valence-corrected chi connectivity index (χ1v) is 8.16. The molecule has 0 atom stereocenters. The molecule has 110 valence electrons. The minimum Gasteiger partial charge on any atom is -0.310 e. The van der Waals surface area contributed by atoms with E-state index in [0.29, 0.717) is 18.6 Å². The van der Waals surface area contributed by atoms with Crippen LogP contribution in [0, 0.1) is 0 Å². The topological polar surface area (TPSA) is 34.0 Å². The summed E-state index contributed by atoms with van der Waals surface area (Å²) in [7, 11) is 0. The van der Waals surface area contributed by atoms with E-state index in [1.165, 1.54) is 43.4 Å². The molecule has 0 aliphatic heterocycles. The van der Waals surface area contributed by atoms with Gasteiger partial charge >= 0.3 is 0 Å². The lowest BCUT2D eigenvalue weighted by Gasteiger charge is -2.20. The average Bonchev–Trinajstić information content (AvgIpc) is 3.06. The Bertz CT molecular complexity index is 539. The molecule has 0 bridgehead atoms. The van der Waals surface area contributed by atoms with Crippen LogP contribution in [0.2, 0.25) is 0 Å². The van der Waals surface area contributed by atoms with Crippen molar-refractivity contribution in [3.05, 3.63) is 33.2 Å². The SMILES string of the molecule is CC(C)NCc1cc2c(n(C3CCCC3)c1=O)CCC2. The number of nitrogens with zero attached hydrogens (tertiary/aromatic N) is 1. The van der Waals surface area contributed by atoms with Gasteiger partial charge in [-0.25, -0.2) is 0 Å². The Balaban J connectivity index is 2.00. The molecule has 0 aromatic carbocycles. The van der Waals surface area contributed by atoms with Crippen molar-refractivity contribution in [3.63, 3.8) is 0 Å². The van der Waals surface area contributed by atoms with Crippen LogP contribution in [0.5, 0.6) is 0 Å². The van der Waals surface area contributed by atoms with Gasteiger partial charge in [-0.3, -0.25) is 4.79 Å². The van der Waals surface area contributed by atoms with Gasteiger partial charge in [0.25, 0.3) is 5.56 Å². The number of fused-ring (bicyclic) bond motifs is 1. The number of aromatic nitrogens is 1. The zero-order valence-electron chi connectivity index (χ0n) is 12.7. The number of hydrogen-bond acceptors (Lipinski definition) is 2. The molecule has 1 aromatic rings. The van der Waals surface area contributed by atoms with Crippen LogP contribution in [-0.4, -0.2) is 10.6 Å². The maximum absolute atomic E-state index is 12.9.